The summed E-state index contributed by atoms with van der Waals surface area (Å²) in [5.41, 5.74) is 1.68. The number of aromatic nitrogens is 2. The fourth-order valence-electron chi connectivity index (χ4n) is 2.28. The van der Waals surface area contributed by atoms with Crippen LogP contribution in [0.15, 0.2) is 18.3 Å². The Hall–Kier alpha value is -1.10. The van der Waals surface area contributed by atoms with Gasteiger partial charge in [0.1, 0.15) is 0 Å². The maximum absolute atomic E-state index is 10.3. The quantitative estimate of drug-likeness (QED) is 0.823. The van der Waals surface area contributed by atoms with Gasteiger partial charge in [-0.1, -0.05) is 24.9 Å². The largest absolute Gasteiger partial charge is 0.388 e. The van der Waals surface area contributed by atoms with E-state index in [0.717, 1.165) is 29.6 Å². The van der Waals surface area contributed by atoms with Gasteiger partial charge in [0.2, 0.25) is 0 Å². The Morgan fingerprint density at radius 1 is 1.40 bits per heavy atom. The van der Waals surface area contributed by atoms with E-state index in [-0.39, 0.29) is 0 Å². The van der Waals surface area contributed by atoms with Crippen molar-refractivity contribution in [3.8, 4) is 0 Å². The van der Waals surface area contributed by atoms with Gasteiger partial charge < -0.3 is 10.0 Å². The predicted octanol–water partition coefficient (Wildman–Crippen LogP) is 3.37. The summed E-state index contributed by atoms with van der Waals surface area (Å²) in [6, 6.07) is 3.74. The summed E-state index contributed by atoms with van der Waals surface area (Å²) >= 11 is 6.23. The van der Waals surface area contributed by atoms with Gasteiger partial charge in [-0.15, -0.1) is 0 Å². The molecule has 0 saturated carbocycles. The number of hydrogen-bond acceptors (Lipinski definition) is 3. The minimum absolute atomic E-state index is 0.536. The first-order valence-corrected chi connectivity index (χ1v) is 7.48. The number of hydrogen-bond donors (Lipinski definition) is 2. The molecule has 0 bridgehead atoms. The molecular weight excluding hydrogens is 274 g/mol. The van der Waals surface area contributed by atoms with Crippen LogP contribution in [0.1, 0.15) is 37.9 Å². The van der Waals surface area contributed by atoms with Crippen molar-refractivity contribution in [2.45, 2.75) is 32.3 Å². The van der Waals surface area contributed by atoms with Gasteiger partial charge in [-0.05, 0) is 44.1 Å². The first-order valence-electron chi connectivity index (χ1n) is 7.11. The highest BCUT2D eigenvalue weighted by Crippen LogP contribution is 2.29. The summed E-state index contributed by atoms with van der Waals surface area (Å²) in [7, 11) is 2.09. The topological polar surface area (TPSA) is 52.1 Å². The molecule has 1 aromatic carbocycles. The van der Waals surface area contributed by atoms with Crippen molar-refractivity contribution < 1.29 is 5.11 Å². The Bertz CT molecular complexity index is 555. The van der Waals surface area contributed by atoms with Crippen molar-refractivity contribution in [1.29, 1.82) is 0 Å². The van der Waals surface area contributed by atoms with Gasteiger partial charge >= 0.3 is 0 Å². The van der Waals surface area contributed by atoms with E-state index in [1.165, 1.54) is 12.8 Å². The zero-order valence-corrected chi connectivity index (χ0v) is 12.8. The SMILES string of the molecule is CCCCN(C)CCC(O)c1cc2cn[nH]c2cc1Cl. The number of benzene rings is 1. The van der Waals surface area contributed by atoms with E-state index in [9.17, 15) is 5.11 Å². The second-order valence-electron chi connectivity index (χ2n) is 5.29. The summed E-state index contributed by atoms with van der Waals surface area (Å²) in [6.45, 7) is 4.11. The minimum Gasteiger partial charge on any atom is -0.388 e. The van der Waals surface area contributed by atoms with Crippen molar-refractivity contribution >= 4 is 22.5 Å². The van der Waals surface area contributed by atoms with E-state index in [2.05, 4.69) is 29.1 Å². The van der Waals surface area contributed by atoms with E-state index in [0.29, 0.717) is 11.4 Å². The average molecular weight is 296 g/mol. The standard InChI is InChI=1S/C15H22ClN3O/c1-3-4-6-19(2)7-5-15(20)12-8-11-10-17-18-14(11)9-13(12)16/h8-10,15,20H,3-7H2,1-2H3,(H,17,18). The molecule has 2 N–H and O–H groups in total. The molecule has 1 aromatic heterocycles. The molecule has 1 unspecified atom stereocenters. The number of rotatable bonds is 7. The Kier molecular flexibility index (Phi) is 5.40. The number of H-pyrrole nitrogens is 1. The molecular formula is C15H22ClN3O. The van der Waals surface area contributed by atoms with E-state index in [4.69, 9.17) is 11.6 Å². The molecule has 0 saturated heterocycles. The third-order valence-electron chi connectivity index (χ3n) is 3.59. The van der Waals surface area contributed by atoms with Crippen LogP contribution in [0, 0.1) is 0 Å². The lowest BCUT2D eigenvalue weighted by atomic mass is 10.0. The highest BCUT2D eigenvalue weighted by Gasteiger charge is 2.14. The molecule has 2 rings (SSSR count). The van der Waals surface area contributed by atoms with Gasteiger partial charge in [0.25, 0.3) is 0 Å². The molecule has 0 amide bonds. The van der Waals surface area contributed by atoms with Crippen LogP contribution in [0.25, 0.3) is 10.9 Å². The first kappa shape index (κ1) is 15.3. The number of aromatic amines is 1. The van der Waals surface area contributed by atoms with Crippen LogP contribution in [0.2, 0.25) is 5.02 Å². The van der Waals surface area contributed by atoms with Gasteiger partial charge in [0, 0.05) is 17.0 Å². The van der Waals surface area contributed by atoms with Crippen LogP contribution >= 0.6 is 11.6 Å². The lowest BCUT2D eigenvalue weighted by molar-refractivity contribution is 0.149. The summed E-state index contributed by atoms with van der Waals surface area (Å²) in [5.74, 6) is 0. The second-order valence-corrected chi connectivity index (χ2v) is 5.70. The zero-order valence-electron chi connectivity index (χ0n) is 12.1. The molecule has 110 valence electrons. The van der Waals surface area contributed by atoms with Crippen molar-refractivity contribution in [2.75, 3.05) is 20.1 Å². The summed E-state index contributed by atoms with van der Waals surface area (Å²) in [6.07, 6.45) is 4.27. The molecule has 5 heteroatoms. The molecule has 0 radical (unpaired) electrons. The first-order chi connectivity index (χ1) is 9.61. The smallest absolute Gasteiger partial charge is 0.0816 e. The van der Waals surface area contributed by atoms with Crippen molar-refractivity contribution in [1.82, 2.24) is 15.1 Å². The van der Waals surface area contributed by atoms with Crippen LogP contribution in [0.4, 0.5) is 0 Å². The maximum atomic E-state index is 10.3. The second kappa shape index (κ2) is 7.07. The third-order valence-corrected chi connectivity index (χ3v) is 3.92. The number of aliphatic hydroxyl groups is 1. The molecule has 2 aromatic rings. The van der Waals surface area contributed by atoms with Gasteiger partial charge in [0.05, 0.1) is 17.8 Å². The maximum Gasteiger partial charge on any atom is 0.0816 e. The summed E-state index contributed by atoms with van der Waals surface area (Å²) < 4.78 is 0. The molecule has 4 nitrogen and oxygen atoms in total. The molecule has 0 aliphatic rings. The Morgan fingerprint density at radius 3 is 2.95 bits per heavy atom. The lowest BCUT2D eigenvalue weighted by Gasteiger charge is -2.19. The van der Waals surface area contributed by atoms with E-state index in [1.807, 2.05) is 12.1 Å². The van der Waals surface area contributed by atoms with Gasteiger partial charge in [0.15, 0.2) is 0 Å². The van der Waals surface area contributed by atoms with Crippen molar-refractivity contribution in [2.24, 2.45) is 0 Å². The van der Waals surface area contributed by atoms with Crippen molar-refractivity contribution in [3.05, 3.63) is 28.9 Å². The molecule has 0 spiro atoms. The molecule has 0 fully saturated rings. The average Bonchev–Trinajstić information content (AvgIpc) is 2.88. The Balaban J connectivity index is 1.99. The Morgan fingerprint density at radius 2 is 2.20 bits per heavy atom. The minimum atomic E-state index is -0.536. The van der Waals surface area contributed by atoms with Crippen LogP contribution in [-0.4, -0.2) is 40.3 Å². The fraction of sp³-hybridized carbons (Fsp3) is 0.533. The predicted molar refractivity (Wildman–Crippen MR) is 83.1 cm³/mol. The molecule has 1 heterocycles. The van der Waals surface area contributed by atoms with E-state index < -0.39 is 6.10 Å². The molecule has 1 atom stereocenters. The van der Waals surface area contributed by atoms with E-state index in [1.54, 1.807) is 6.20 Å². The molecule has 0 aliphatic heterocycles. The van der Waals surface area contributed by atoms with Crippen molar-refractivity contribution in [3.63, 3.8) is 0 Å². The highest BCUT2D eigenvalue weighted by atomic mass is 35.5. The van der Waals surface area contributed by atoms with Crippen LogP contribution in [0.5, 0.6) is 0 Å². The summed E-state index contributed by atoms with van der Waals surface area (Å²) in [4.78, 5) is 2.25. The summed E-state index contributed by atoms with van der Waals surface area (Å²) in [5, 5.41) is 18.7. The normalized spacial score (nSPS) is 13.2. The number of aliphatic hydroxyl groups excluding tert-OH is 1. The molecule has 20 heavy (non-hydrogen) atoms. The Labute approximate surface area is 124 Å². The van der Waals surface area contributed by atoms with Crippen LogP contribution < -0.4 is 0 Å². The van der Waals surface area contributed by atoms with Gasteiger partial charge in [-0.2, -0.15) is 5.10 Å². The lowest BCUT2D eigenvalue weighted by Crippen LogP contribution is -2.22. The monoisotopic (exact) mass is 295 g/mol. The highest BCUT2D eigenvalue weighted by molar-refractivity contribution is 6.32. The van der Waals surface area contributed by atoms with Gasteiger partial charge in [-0.3, -0.25) is 5.10 Å². The number of nitrogens with zero attached hydrogens (tertiary/aromatic N) is 2. The fourth-order valence-corrected chi connectivity index (χ4v) is 2.57. The number of unbranched alkanes of at least 4 members (excludes halogenated alkanes) is 1. The zero-order chi connectivity index (χ0) is 14.5. The third kappa shape index (κ3) is 3.72. The van der Waals surface area contributed by atoms with Crippen LogP contribution in [0.3, 0.4) is 0 Å². The number of fused-ring (bicyclic) bond motifs is 1. The number of halogens is 1. The van der Waals surface area contributed by atoms with Gasteiger partial charge in [-0.25, -0.2) is 0 Å². The van der Waals surface area contributed by atoms with Crippen LogP contribution in [-0.2, 0) is 0 Å². The molecule has 0 aliphatic carbocycles. The number of nitrogens with one attached hydrogen (secondary N) is 1. The van der Waals surface area contributed by atoms with E-state index >= 15 is 0 Å².